The lowest BCUT2D eigenvalue weighted by Crippen LogP contribution is -2.53. The molecule has 7 nitrogen and oxygen atoms in total. The number of carbonyl (C=O) groups excluding carboxylic acids is 1. The number of fused-ring (bicyclic) bond motifs is 1. The van der Waals surface area contributed by atoms with Gasteiger partial charge in [-0.2, -0.15) is 13.2 Å². The van der Waals surface area contributed by atoms with Crippen LogP contribution in [-0.4, -0.2) is 62.9 Å². The van der Waals surface area contributed by atoms with Gasteiger partial charge in [0, 0.05) is 12.3 Å². The lowest BCUT2D eigenvalue weighted by Gasteiger charge is -2.36. The maximum absolute atomic E-state index is 12.4. The third-order valence-electron chi connectivity index (χ3n) is 3.95. The average Bonchev–Trinajstić information content (AvgIpc) is 3.00. The molecule has 0 radical (unpaired) electrons. The maximum atomic E-state index is 12.4. The van der Waals surface area contributed by atoms with E-state index in [-0.39, 0.29) is 5.13 Å². The number of ether oxygens (including phenoxy) is 1. The van der Waals surface area contributed by atoms with Gasteiger partial charge >= 0.3 is 6.18 Å². The van der Waals surface area contributed by atoms with Crippen molar-refractivity contribution >= 4 is 22.3 Å². The molecule has 1 saturated heterocycles. The van der Waals surface area contributed by atoms with Crippen molar-refractivity contribution in [3.8, 4) is 0 Å². The second-order valence-electron chi connectivity index (χ2n) is 5.50. The highest BCUT2D eigenvalue weighted by Gasteiger charge is 2.66. The van der Waals surface area contributed by atoms with Crippen LogP contribution < -0.4 is 5.32 Å². The molecule has 0 amide bonds. The van der Waals surface area contributed by atoms with Crippen LogP contribution in [-0.2, 0) is 4.74 Å². The van der Waals surface area contributed by atoms with Crippen LogP contribution in [0.1, 0.15) is 16.1 Å². The van der Waals surface area contributed by atoms with E-state index in [1.54, 1.807) is 0 Å². The molecule has 1 aromatic rings. The zero-order chi connectivity index (χ0) is 17.0. The number of halogens is 3. The molecule has 0 aromatic carbocycles. The summed E-state index contributed by atoms with van der Waals surface area (Å²) in [6.45, 7) is -0.524. The Morgan fingerprint density at radius 3 is 2.78 bits per heavy atom. The minimum Gasteiger partial charge on any atom is -0.394 e. The summed E-state index contributed by atoms with van der Waals surface area (Å²) in [5, 5.41) is 31.6. The fraction of sp³-hybridized carbons (Fsp3) is 0.667. The van der Waals surface area contributed by atoms with E-state index in [1.807, 2.05) is 0 Å². The SMILES string of the molecule is O=C(c1cnc(NC23CC2C(O)C(O)C(CO)O3)s1)C(F)(F)F. The van der Waals surface area contributed by atoms with Crippen LogP contribution in [0.15, 0.2) is 6.20 Å². The van der Waals surface area contributed by atoms with E-state index in [0.717, 1.165) is 6.20 Å². The molecule has 1 aliphatic heterocycles. The number of nitrogens with one attached hydrogen (secondary N) is 1. The van der Waals surface area contributed by atoms with Crippen molar-refractivity contribution in [2.24, 2.45) is 5.92 Å². The van der Waals surface area contributed by atoms with Gasteiger partial charge in [-0.25, -0.2) is 4.98 Å². The summed E-state index contributed by atoms with van der Waals surface area (Å²) < 4.78 is 42.6. The van der Waals surface area contributed by atoms with Crippen LogP contribution >= 0.6 is 11.3 Å². The molecule has 2 heterocycles. The summed E-state index contributed by atoms with van der Waals surface area (Å²) in [5.74, 6) is -2.47. The molecular formula is C12H13F3N2O5S. The zero-order valence-electron chi connectivity index (χ0n) is 11.4. The first kappa shape index (κ1) is 16.6. The van der Waals surface area contributed by atoms with E-state index in [0.29, 0.717) is 17.8 Å². The van der Waals surface area contributed by atoms with Crippen LogP contribution in [0.5, 0.6) is 0 Å². The number of aliphatic hydroxyl groups excluding tert-OH is 3. The topological polar surface area (TPSA) is 112 Å². The number of rotatable bonds is 4. The van der Waals surface area contributed by atoms with Crippen molar-refractivity contribution in [3.05, 3.63) is 11.1 Å². The second kappa shape index (κ2) is 5.38. The Bertz CT molecular complexity index is 624. The van der Waals surface area contributed by atoms with Crippen LogP contribution in [0.3, 0.4) is 0 Å². The molecule has 2 aliphatic rings. The number of alkyl halides is 3. The summed E-state index contributed by atoms with van der Waals surface area (Å²) in [6.07, 6.45) is -7.27. The molecule has 5 unspecified atom stereocenters. The molecule has 2 fully saturated rings. The van der Waals surface area contributed by atoms with E-state index in [2.05, 4.69) is 10.3 Å². The lowest BCUT2D eigenvalue weighted by atomic mass is 10.0. The molecule has 0 spiro atoms. The van der Waals surface area contributed by atoms with E-state index < -0.39 is 53.4 Å². The highest BCUT2D eigenvalue weighted by Crippen LogP contribution is 2.54. The van der Waals surface area contributed by atoms with Crippen molar-refractivity contribution in [1.29, 1.82) is 0 Å². The Hall–Kier alpha value is -1.27. The summed E-state index contributed by atoms with van der Waals surface area (Å²) in [7, 11) is 0. The average molecular weight is 354 g/mol. The van der Waals surface area contributed by atoms with Crippen LogP contribution in [0.2, 0.25) is 0 Å². The smallest absolute Gasteiger partial charge is 0.394 e. The monoisotopic (exact) mass is 354 g/mol. The molecule has 1 aliphatic carbocycles. The number of nitrogens with zero attached hydrogens (tertiary/aromatic N) is 1. The number of carbonyl (C=O) groups is 1. The highest BCUT2D eigenvalue weighted by atomic mass is 32.1. The molecule has 3 rings (SSSR count). The van der Waals surface area contributed by atoms with Gasteiger partial charge in [-0.15, -0.1) is 0 Å². The van der Waals surface area contributed by atoms with Crippen molar-refractivity contribution in [1.82, 2.24) is 4.98 Å². The fourth-order valence-corrected chi connectivity index (χ4v) is 3.53. The maximum Gasteiger partial charge on any atom is 0.455 e. The third kappa shape index (κ3) is 2.83. The number of aliphatic hydroxyl groups is 3. The van der Waals surface area contributed by atoms with Crippen molar-refractivity contribution in [3.63, 3.8) is 0 Å². The highest BCUT2D eigenvalue weighted by molar-refractivity contribution is 7.17. The molecule has 0 bridgehead atoms. The Labute approximate surface area is 131 Å². The Morgan fingerprint density at radius 2 is 2.17 bits per heavy atom. The van der Waals surface area contributed by atoms with Crippen LogP contribution in [0.4, 0.5) is 18.3 Å². The Kier molecular flexibility index (Phi) is 3.88. The van der Waals surface area contributed by atoms with Gasteiger partial charge in [-0.3, -0.25) is 4.79 Å². The standard InChI is InChI=1S/C12H13F3N2O5S/c13-12(14,15)9(21)6-2-16-10(23-6)17-11-1-4(11)7(19)8(20)5(3-18)22-11/h2,4-5,7-8,18-20H,1,3H2,(H,16,17). The number of Topliss-reactive ketones (excluding diaryl/α,β-unsaturated/α-hetero) is 1. The van der Waals surface area contributed by atoms with E-state index in [4.69, 9.17) is 9.84 Å². The van der Waals surface area contributed by atoms with Crippen molar-refractivity contribution in [2.75, 3.05) is 11.9 Å². The number of ketones is 1. The van der Waals surface area contributed by atoms with Crippen molar-refractivity contribution in [2.45, 2.75) is 36.6 Å². The lowest BCUT2D eigenvalue weighted by molar-refractivity contribution is -0.177. The third-order valence-corrected chi connectivity index (χ3v) is 4.86. The fourth-order valence-electron chi connectivity index (χ4n) is 2.67. The molecule has 128 valence electrons. The van der Waals surface area contributed by atoms with Crippen LogP contribution in [0, 0.1) is 5.92 Å². The molecule has 11 heteroatoms. The van der Waals surface area contributed by atoms with Gasteiger partial charge in [0.25, 0.3) is 5.78 Å². The molecule has 23 heavy (non-hydrogen) atoms. The first-order chi connectivity index (χ1) is 10.7. The van der Waals surface area contributed by atoms with Crippen molar-refractivity contribution < 1.29 is 38.0 Å². The number of anilines is 1. The van der Waals surface area contributed by atoms with Gasteiger partial charge in [0.2, 0.25) is 0 Å². The first-order valence-electron chi connectivity index (χ1n) is 6.68. The largest absolute Gasteiger partial charge is 0.455 e. The van der Waals surface area contributed by atoms with Gasteiger partial charge < -0.3 is 25.4 Å². The molecule has 1 aromatic heterocycles. The van der Waals surface area contributed by atoms with Gasteiger partial charge in [-0.05, 0) is 0 Å². The van der Waals surface area contributed by atoms with E-state index in [9.17, 15) is 28.2 Å². The predicted octanol–water partition coefficient (Wildman–Crippen LogP) is 0.129. The normalized spacial score (nSPS) is 36.4. The summed E-state index contributed by atoms with van der Waals surface area (Å²) >= 11 is 0.519. The Balaban J connectivity index is 1.74. The molecule has 1 saturated carbocycles. The quantitative estimate of drug-likeness (QED) is 0.569. The number of hydrogen-bond acceptors (Lipinski definition) is 8. The number of aromatic nitrogens is 1. The predicted molar refractivity (Wildman–Crippen MR) is 70.9 cm³/mol. The zero-order valence-corrected chi connectivity index (χ0v) is 12.3. The minimum absolute atomic E-state index is 0.0281. The summed E-state index contributed by atoms with van der Waals surface area (Å²) in [4.78, 5) is 14.3. The van der Waals surface area contributed by atoms with E-state index in [1.165, 1.54) is 0 Å². The minimum atomic E-state index is -4.98. The van der Waals surface area contributed by atoms with Gasteiger partial charge in [-0.1, -0.05) is 11.3 Å². The van der Waals surface area contributed by atoms with Crippen LogP contribution in [0.25, 0.3) is 0 Å². The molecule has 4 N–H and O–H groups in total. The second-order valence-corrected chi connectivity index (χ2v) is 6.53. The summed E-state index contributed by atoms with van der Waals surface area (Å²) in [5.41, 5.74) is -1.11. The van der Waals surface area contributed by atoms with Gasteiger partial charge in [0.05, 0.1) is 18.9 Å². The molecular weight excluding hydrogens is 341 g/mol. The van der Waals surface area contributed by atoms with Gasteiger partial charge in [0.1, 0.15) is 22.8 Å². The number of hydrogen-bond donors (Lipinski definition) is 4. The van der Waals surface area contributed by atoms with Gasteiger partial charge in [0.15, 0.2) is 5.13 Å². The Morgan fingerprint density at radius 1 is 1.48 bits per heavy atom. The molecule has 5 atom stereocenters. The van der Waals surface area contributed by atoms with E-state index >= 15 is 0 Å². The first-order valence-corrected chi connectivity index (χ1v) is 7.50. The summed E-state index contributed by atoms with van der Waals surface area (Å²) in [6, 6.07) is 0. The number of thiazole rings is 1.